The lowest BCUT2D eigenvalue weighted by molar-refractivity contribution is -0.197. The Kier molecular flexibility index (Phi) is 8.83. The van der Waals surface area contributed by atoms with E-state index in [4.69, 9.17) is 9.47 Å². The van der Waals surface area contributed by atoms with Crippen LogP contribution in [0.25, 0.3) is 5.57 Å². The van der Waals surface area contributed by atoms with E-state index in [0.29, 0.717) is 35.5 Å². The van der Waals surface area contributed by atoms with Crippen molar-refractivity contribution in [1.82, 2.24) is 0 Å². The van der Waals surface area contributed by atoms with Gasteiger partial charge in [-0.05, 0) is 115 Å². The molecule has 0 amide bonds. The molecule has 0 bridgehead atoms. The van der Waals surface area contributed by atoms with Crippen molar-refractivity contribution in [3.63, 3.8) is 0 Å². The lowest BCUT2D eigenvalue weighted by atomic mass is 9.43. The molecule has 0 heterocycles. The van der Waals surface area contributed by atoms with Gasteiger partial charge in [-0.3, -0.25) is 9.59 Å². The summed E-state index contributed by atoms with van der Waals surface area (Å²) in [6, 6.07) is 21.5. The molecule has 2 aromatic carbocycles. The van der Waals surface area contributed by atoms with Gasteiger partial charge in [-0.1, -0.05) is 87.5 Å². The van der Waals surface area contributed by atoms with Gasteiger partial charge in [-0.25, -0.2) is 0 Å². The highest BCUT2D eigenvalue weighted by molar-refractivity contribution is 5.79. The van der Waals surface area contributed by atoms with Gasteiger partial charge in [0.2, 0.25) is 0 Å². The first-order valence-electron chi connectivity index (χ1n) is 17.3. The van der Waals surface area contributed by atoms with Gasteiger partial charge in [0.25, 0.3) is 0 Å². The number of ether oxygens (including phenoxy) is 2. The minimum absolute atomic E-state index is 0.0160. The van der Waals surface area contributed by atoms with Gasteiger partial charge < -0.3 is 9.47 Å². The molecule has 0 spiro atoms. The molecule has 0 aliphatic heterocycles. The summed E-state index contributed by atoms with van der Waals surface area (Å²) >= 11 is 0. The largest absolute Gasteiger partial charge is 0.463 e. The van der Waals surface area contributed by atoms with Crippen LogP contribution < -0.4 is 0 Å². The van der Waals surface area contributed by atoms with Crippen molar-refractivity contribution in [2.24, 2.45) is 46.3 Å². The molecule has 6 rings (SSSR count). The molecule has 2 aromatic rings. The Morgan fingerprint density at radius 1 is 0.818 bits per heavy atom. The molecule has 236 valence electrons. The number of carbonyl (C=O) groups excluding carboxylic acids is 2. The quantitative estimate of drug-likeness (QED) is 0.299. The Morgan fingerprint density at radius 3 is 2.07 bits per heavy atom. The van der Waals surface area contributed by atoms with Gasteiger partial charge in [0.15, 0.2) is 0 Å². The summed E-state index contributed by atoms with van der Waals surface area (Å²) < 4.78 is 12.1. The monoisotopic (exact) mass is 596 g/mol. The van der Waals surface area contributed by atoms with Gasteiger partial charge in [-0.2, -0.15) is 0 Å². The van der Waals surface area contributed by atoms with Crippen LogP contribution in [0.3, 0.4) is 0 Å². The van der Waals surface area contributed by atoms with Gasteiger partial charge in [0, 0.05) is 19.3 Å². The van der Waals surface area contributed by atoms with E-state index in [0.717, 1.165) is 32.1 Å². The average molecular weight is 597 g/mol. The standard InChI is InChI=1S/C40H52O4/c1-26(16-18-33(29-12-8-6-9-13-29)30-14-10-7-11-15-30)35-20-21-36-34-19-17-31-24-32(43-27(2)41)22-23-39(31,4)37(34)25-38(40(35,36)5)44-28(3)42/h6-15,18,26,31-32,34-38H,16-17,19-25H2,1-5H3/t26-,31-,32+,34+,35-,36+,37+,38+,39+,40-/m1/s1. The first-order chi connectivity index (χ1) is 21.1. The minimum Gasteiger partial charge on any atom is -0.463 e. The highest BCUT2D eigenvalue weighted by Gasteiger charge is 2.65. The van der Waals surface area contributed by atoms with E-state index in [1.54, 1.807) is 6.92 Å². The first kappa shape index (κ1) is 31.1. The Morgan fingerprint density at radius 2 is 1.45 bits per heavy atom. The molecule has 10 atom stereocenters. The molecule has 0 saturated heterocycles. The zero-order valence-corrected chi connectivity index (χ0v) is 27.5. The van der Waals surface area contributed by atoms with Gasteiger partial charge in [0.1, 0.15) is 12.2 Å². The number of allylic oxidation sites excluding steroid dienone is 1. The maximum atomic E-state index is 12.6. The van der Waals surface area contributed by atoms with Crippen molar-refractivity contribution in [1.29, 1.82) is 0 Å². The van der Waals surface area contributed by atoms with E-state index in [9.17, 15) is 9.59 Å². The summed E-state index contributed by atoms with van der Waals surface area (Å²) in [5, 5.41) is 0. The van der Waals surface area contributed by atoms with Crippen LogP contribution in [0, 0.1) is 46.3 Å². The lowest BCUT2D eigenvalue weighted by Crippen LogP contribution is -2.59. The topological polar surface area (TPSA) is 52.6 Å². The number of benzene rings is 2. The molecule has 4 nitrogen and oxygen atoms in total. The Labute approximate surface area is 265 Å². The molecule has 0 N–H and O–H groups in total. The van der Waals surface area contributed by atoms with Crippen LogP contribution in [0.1, 0.15) is 104 Å². The van der Waals surface area contributed by atoms with E-state index in [1.165, 1.54) is 49.3 Å². The highest BCUT2D eigenvalue weighted by Crippen LogP contribution is 2.69. The second-order valence-electron chi connectivity index (χ2n) is 15.1. The molecular formula is C40H52O4. The fourth-order valence-corrected chi connectivity index (χ4v) is 10.9. The van der Waals surface area contributed by atoms with E-state index < -0.39 is 0 Å². The van der Waals surface area contributed by atoms with E-state index in [2.05, 4.69) is 87.5 Å². The van der Waals surface area contributed by atoms with Gasteiger partial charge in [-0.15, -0.1) is 0 Å². The van der Waals surface area contributed by atoms with Crippen LogP contribution in [0.2, 0.25) is 0 Å². The first-order valence-corrected chi connectivity index (χ1v) is 17.3. The fraction of sp³-hybridized carbons (Fsp3) is 0.600. The molecule has 0 aromatic heterocycles. The van der Waals surface area contributed by atoms with Crippen LogP contribution in [-0.2, 0) is 19.1 Å². The smallest absolute Gasteiger partial charge is 0.302 e. The average Bonchev–Trinajstić information content (AvgIpc) is 3.37. The summed E-state index contributed by atoms with van der Waals surface area (Å²) in [6.07, 6.45) is 12.4. The van der Waals surface area contributed by atoms with Crippen LogP contribution in [0.4, 0.5) is 0 Å². The second kappa shape index (κ2) is 12.5. The van der Waals surface area contributed by atoms with Crippen molar-refractivity contribution in [3.8, 4) is 0 Å². The minimum atomic E-state index is -0.156. The molecule has 4 heteroatoms. The summed E-state index contributed by atoms with van der Waals surface area (Å²) in [6.45, 7) is 10.6. The number of esters is 2. The molecule has 4 saturated carbocycles. The molecular weight excluding hydrogens is 544 g/mol. The predicted molar refractivity (Wildman–Crippen MR) is 175 cm³/mol. The number of rotatable bonds is 7. The molecule has 44 heavy (non-hydrogen) atoms. The van der Waals surface area contributed by atoms with Gasteiger partial charge >= 0.3 is 11.9 Å². The van der Waals surface area contributed by atoms with Crippen molar-refractivity contribution < 1.29 is 19.1 Å². The van der Waals surface area contributed by atoms with Crippen molar-refractivity contribution in [3.05, 3.63) is 77.9 Å². The molecule has 0 unspecified atom stereocenters. The normalized spacial score (nSPS) is 36.6. The molecule has 0 radical (unpaired) electrons. The number of fused-ring (bicyclic) bond motifs is 5. The number of hydrogen-bond donors (Lipinski definition) is 0. The zero-order valence-electron chi connectivity index (χ0n) is 27.5. The van der Waals surface area contributed by atoms with Crippen LogP contribution >= 0.6 is 0 Å². The Balaban J connectivity index is 1.26. The van der Waals surface area contributed by atoms with Crippen LogP contribution in [0.15, 0.2) is 66.7 Å². The van der Waals surface area contributed by atoms with Gasteiger partial charge in [0.05, 0.1) is 0 Å². The zero-order chi connectivity index (χ0) is 31.1. The maximum absolute atomic E-state index is 12.6. The lowest BCUT2D eigenvalue weighted by Gasteiger charge is -2.62. The number of hydrogen-bond acceptors (Lipinski definition) is 4. The third-order valence-electron chi connectivity index (χ3n) is 13.0. The highest BCUT2D eigenvalue weighted by atomic mass is 16.5. The van der Waals surface area contributed by atoms with Crippen LogP contribution in [0.5, 0.6) is 0 Å². The number of carbonyl (C=O) groups is 2. The summed E-state index contributed by atoms with van der Waals surface area (Å²) in [4.78, 5) is 24.4. The maximum Gasteiger partial charge on any atom is 0.302 e. The van der Waals surface area contributed by atoms with E-state index in [-0.39, 0.29) is 35.0 Å². The summed E-state index contributed by atoms with van der Waals surface area (Å²) in [5.41, 5.74) is 4.01. The summed E-state index contributed by atoms with van der Waals surface area (Å²) in [7, 11) is 0. The molecule has 4 aliphatic carbocycles. The fourth-order valence-electron chi connectivity index (χ4n) is 10.9. The third kappa shape index (κ3) is 5.67. The van der Waals surface area contributed by atoms with Crippen molar-refractivity contribution in [2.75, 3.05) is 0 Å². The second-order valence-corrected chi connectivity index (χ2v) is 15.1. The summed E-state index contributed by atoms with van der Waals surface area (Å²) in [5.74, 6) is 3.07. The van der Waals surface area contributed by atoms with Crippen molar-refractivity contribution >= 4 is 17.5 Å². The van der Waals surface area contributed by atoms with E-state index >= 15 is 0 Å². The van der Waals surface area contributed by atoms with Crippen LogP contribution in [-0.4, -0.2) is 24.1 Å². The third-order valence-corrected chi connectivity index (χ3v) is 13.0. The van der Waals surface area contributed by atoms with Crippen molar-refractivity contribution in [2.45, 2.75) is 105 Å². The molecule has 4 aliphatic rings. The SMILES string of the molecule is CC(=O)O[C@H]1CC[C@@]2(C)[C@H](CC[C@@H]3[C@@H]2C[C@H](OC(C)=O)[C@]2(C)[C@@H]([C@H](C)CC=C(c4ccccc4)c4ccccc4)CC[C@@H]32)C1. The molecule has 4 fully saturated rings. The Hall–Kier alpha value is -2.88. The predicted octanol–water partition coefficient (Wildman–Crippen LogP) is 9.28. The Bertz CT molecular complexity index is 1310. The van der Waals surface area contributed by atoms with E-state index in [1.807, 2.05) is 0 Å².